The van der Waals surface area contributed by atoms with Gasteiger partial charge in [0.15, 0.2) is 5.78 Å². The van der Waals surface area contributed by atoms with Crippen LogP contribution in [-0.2, 0) is 0 Å². The highest BCUT2D eigenvalue weighted by Gasteiger charge is 2.14. The van der Waals surface area contributed by atoms with Crippen molar-refractivity contribution in [2.24, 2.45) is 0 Å². The molecule has 21 heavy (non-hydrogen) atoms. The summed E-state index contributed by atoms with van der Waals surface area (Å²) in [6.07, 6.45) is 0. The van der Waals surface area contributed by atoms with Crippen molar-refractivity contribution in [2.75, 3.05) is 14.1 Å². The number of halogens is 1. The molecule has 0 heterocycles. The molecule has 0 aliphatic rings. The molecule has 0 bridgehead atoms. The van der Waals surface area contributed by atoms with Gasteiger partial charge in [-0.2, -0.15) is 0 Å². The maximum Gasteiger partial charge on any atom is 0.253 e. The predicted octanol–water partition coefficient (Wildman–Crippen LogP) is 3.40. The Morgan fingerprint density at radius 2 is 1.71 bits per heavy atom. The SMILES string of the molecule is CC(=O)c1cccc(-c2cccc(C(=O)N(C)C)c2)c1F. The Morgan fingerprint density at radius 1 is 1.05 bits per heavy atom. The van der Waals surface area contributed by atoms with E-state index in [9.17, 15) is 14.0 Å². The van der Waals surface area contributed by atoms with Crippen LogP contribution < -0.4 is 0 Å². The first-order valence-electron chi connectivity index (χ1n) is 6.53. The zero-order chi connectivity index (χ0) is 15.6. The van der Waals surface area contributed by atoms with E-state index in [1.54, 1.807) is 50.5 Å². The molecule has 2 aromatic rings. The zero-order valence-corrected chi connectivity index (χ0v) is 12.2. The van der Waals surface area contributed by atoms with Gasteiger partial charge in [-0.1, -0.05) is 24.3 Å². The highest BCUT2D eigenvalue weighted by molar-refractivity contribution is 5.97. The van der Waals surface area contributed by atoms with Crippen molar-refractivity contribution in [1.29, 1.82) is 0 Å². The van der Waals surface area contributed by atoms with Crippen LogP contribution in [0, 0.1) is 5.82 Å². The minimum atomic E-state index is -0.556. The molecule has 1 amide bonds. The standard InChI is InChI=1S/C17H16FNO2/c1-11(20)14-8-5-9-15(16(14)18)12-6-4-7-13(10-12)17(21)19(2)3/h4-10H,1-3H3. The van der Waals surface area contributed by atoms with Crippen LogP contribution in [0.1, 0.15) is 27.6 Å². The summed E-state index contributed by atoms with van der Waals surface area (Å²) in [6.45, 7) is 1.33. The smallest absolute Gasteiger partial charge is 0.253 e. The van der Waals surface area contributed by atoms with Crippen molar-refractivity contribution in [3.63, 3.8) is 0 Å². The second-order valence-electron chi connectivity index (χ2n) is 5.00. The maximum absolute atomic E-state index is 14.4. The third kappa shape index (κ3) is 2.99. The van der Waals surface area contributed by atoms with Gasteiger partial charge in [0.1, 0.15) is 5.82 Å². The molecule has 0 aliphatic heterocycles. The first-order valence-corrected chi connectivity index (χ1v) is 6.53. The van der Waals surface area contributed by atoms with Crippen LogP contribution in [0.25, 0.3) is 11.1 Å². The van der Waals surface area contributed by atoms with Gasteiger partial charge >= 0.3 is 0 Å². The Kier molecular flexibility index (Phi) is 4.17. The number of amides is 1. The lowest BCUT2D eigenvalue weighted by Gasteiger charge is -2.12. The Hall–Kier alpha value is -2.49. The van der Waals surface area contributed by atoms with Crippen LogP contribution in [0.2, 0.25) is 0 Å². The van der Waals surface area contributed by atoms with E-state index < -0.39 is 5.82 Å². The van der Waals surface area contributed by atoms with Gasteiger partial charge in [-0.05, 0) is 30.7 Å². The van der Waals surface area contributed by atoms with E-state index in [4.69, 9.17) is 0 Å². The number of ketones is 1. The molecular formula is C17H16FNO2. The largest absolute Gasteiger partial charge is 0.345 e. The molecule has 0 saturated carbocycles. The number of Topliss-reactive ketones (excluding diaryl/α,β-unsaturated/α-hetero) is 1. The molecule has 0 radical (unpaired) electrons. The minimum absolute atomic E-state index is 0.0526. The van der Waals surface area contributed by atoms with Gasteiger partial charge in [0, 0.05) is 25.2 Å². The highest BCUT2D eigenvalue weighted by atomic mass is 19.1. The van der Waals surface area contributed by atoms with Gasteiger partial charge in [0.05, 0.1) is 5.56 Å². The summed E-state index contributed by atoms with van der Waals surface area (Å²) in [6, 6.07) is 11.4. The number of benzene rings is 2. The lowest BCUT2D eigenvalue weighted by atomic mass is 9.99. The summed E-state index contributed by atoms with van der Waals surface area (Å²) in [5, 5.41) is 0. The lowest BCUT2D eigenvalue weighted by molar-refractivity contribution is 0.0827. The molecule has 0 fully saturated rings. The average Bonchev–Trinajstić information content (AvgIpc) is 2.46. The molecule has 0 spiro atoms. The zero-order valence-electron chi connectivity index (χ0n) is 12.2. The number of carbonyl (C=O) groups excluding carboxylic acids is 2. The normalized spacial score (nSPS) is 10.3. The van der Waals surface area contributed by atoms with E-state index >= 15 is 0 Å². The monoisotopic (exact) mass is 285 g/mol. The maximum atomic E-state index is 14.4. The number of nitrogens with zero attached hydrogens (tertiary/aromatic N) is 1. The Bertz CT molecular complexity index is 708. The van der Waals surface area contributed by atoms with Crippen molar-refractivity contribution in [1.82, 2.24) is 4.90 Å². The molecule has 2 rings (SSSR count). The van der Waals surface area contributed by atoms with E-state index in [1.807, 2.05) is 0 Å². The van der Waals surface area contributed by atoms with Crippen LogP contribution >= 0.6 is 0 Å². The van der Waals surface area contributed by atoms with E-state index in [0.717, 1.165) is 0 Å². The molecule has 0 aliphatic carbocycles. The lowest BCUT2D eigenvalue weighted by Crippen LogP contribution is -2.21. The second kappa shape index (κ2) is 5.87. The molecule has 0 atom stereocenters. The van der Waals surface area contributed by atoms with Gasteiger partial charge in [-0.25, -0.2) is 4.39 Å². The summed E-state index contributed by atoms with van der Waals surface area (Å²) in [5.41, 5.74) is 1.42. The van der Waals surface area contributed by atoms with Crippen LogP contribution in [0.4, 0.5) is 4.39 Å². The van der Waals surface area contributed by atoms with Crippen molar-refractivity contribution in [2.45, 2.75) is 6.92 Å². The molecule has 0 N–H and O–H groups in total. The van der Waals surface area contributed by atoms with E-state index in [0.29, 0.717) is 16.7 Å². The highest BCUT2D eigenvalue weighted by Crippen LogP contribution is 2.26. The van der Waals surface area contributed by atoms with Crippen molar-refractivity contribution in [3.05, 3.63) is 59.4 Å². The molecule has 4 heteroatoms. The molecular weight excluding hydrogens is 269 g/mol. The van der Waals surface area contributed by atoms with Crippen molar-refractivity contribution in [3.8, 4) is 11.1 Å². The van der Waals surface area contributed by atoms with Crippen molar-refractivity contribution >= 4 is 11.7 Å². The summed E-state index contributed by atoms with van der Waals surface area (Å²) >= 11 is 0. The summed E-state index contributed by atoms with van der Waals surface area (Å²) in [4.78, 5) is 24.8. The number of hydrogen-bond donors (Lipinski definition) is 0. The van der Waals surface area contributed by atoms with Crippen LogP contribution in [0.3, 0.4) is 0 Å². The van der Waals surface area contributed by atoms with Crippen molar-refractivity contribution < 1.29 is 14.0 Å². The Morgan fingerprint density at radius 3 is 2.33 bits per heavy atom. The number of hydrogen-bond acceptors (Lipinski definition) is 2. The van der Waals surface area contributed by atoms with Crippen LogP contribution in [0.5, 0.6) is 0 Å². The predicted molar refractivity (Wildman–Crippen MR) is 79.9 cm³/mol. The fraction of sp³-hybridized carbons (Fsp3) is 0.176. The minimum Gasteiger partial charge on any atom is -0.345 e. The third-order valence-electron chi connectivity index (χ3n) is 3.20. The molecule has 0 aromatic heterocycles. The summed E-state index contributed by atoms with van der Waals surface area (Å²) < 4.78 is 14.4. The summed E-state index contributed by atoms with van der Waals surface area (Å²) in [5.74, 6) is -1.03. The first kappa shape index (κ1) is 14.9. The molecule has 0 unspecified atom stereocenters. The van der Waals surface area contributed by atoms with E-state index in [1.165, 1.54) is 17.9 Å². The molecule has 3 nitrogen and oxygen atoms in total. The van der Waals surface area contributed by atoms with E-state index in [2.05, 4.69) is 0 Å². The number of carbonyl (C=O) groups is 2. The molecule has 0 saturated heterocycles. The molecule has 108 valence electrons. The number of rotatable bonds is 3. The van der Waals surface area contributed by atoms with Crippen LogP contribution in [-0.4, -0.2) is 30.7 Å². The Balaban J connectivity index is 2.53. The van der Waals surface area contributed by atoms with Gasteiger partial charge in [0.25, 0.3) is 5.91 Å². The van der Waals surface area contributed by atoms with Gasteiger partial charge in [-0.3, -0.25) is 9.59 Å². The topological polar surface area (TPSA) is 37.4 Å². The first-order chi connectivity index (χ1) is 9.91. The van der Waals surface area contributed by atoms with Gasteiger partial charge in [0.2, 0.25) is 0 Å². The molecule has 2 aromatic carbocycles. The van der Waals surface area contributed by atoms with Crippen LogP contribution in [0.15, 0.2) is 42.5 Å². The third-order valence-corrected chi connectivity index (χ3v) is 3.20. The Labute approximate surface area is 123 Å². The average molecular weight is 285 g/mol. The van der Waals surface area contributed by atoms with Gasteiger partial charge < -0.3 is 4.90 Å². The fourth-order valence-electron chi connectivity index (χ4n) is 2.10. The fourth-order valence-corrected chi connectivity index (χ4v) is 2.10. The second-order valence-corrected chi connectivity index (χ2v) is 5.00. The van der Waals surface area contributed by atoms with E-state index in [-0.39, 0.29) is 17.3 Å². The van der Waals surface area contributed by atoms with Gasteiger partial charge in [-0.15, -0.1) is 0 Å². The quantitative estimate of drug-likeness (QED) is 0.811. The summed E-state index contributed by atoms with van der Waals surface area (Å²) in [7, 11) is 3.32.